The second-order valence-electron chi connectivity index (χ2n) is 9.79. The average molecular weight is 439 g/mol. The molecule has 1 N–H and O–H groups in total. The first-order valence-electron chi connectivity index (χ1n) is 12.5. The Morgan fingerprint density at radius 1 is 0.970 bits per heavy atom. The van der Waals surface area contributed by atoms with Gasteiger partial charge >= 0.3 is 0 Å². The van der Waals surface area contributed by atoms with Gasteiger partial charge in [-0.15, -0.1) is 0 Å². The number of benzene rings is 3. The average Bonchev–Trinajstić information content (AvgIpc) is 3.26. The molecule has 1 unspecified atom stereocenters. The van der Waals surface area contributed by atoms with Crippen molar-refractivity contribution in [2.45, 2.75) is 57.9 Å². The first kappa shape index (κ1) is 21.8. The molecule has 1 saturated carbocycles. The SMILES string of the molecule is CC(CNC(=O)CC1CCCCC1)c1cccc2ccc3c(ccn3Cc3ccccc3)c12. The van der Waals surface area contributed by atoms with Crippen molar-refractivity contribution < 1.29 is 4.79 Å². The molecule has 1 aromatic heterocycles. The monoisotopic (exact) mass is 438 g/mol. The van der Waals surface area contributed by atoms with E-state index in [-0.39, 0.29) is 11.8 Å². The first-order valence-corrected chi connectivity index (χ1v) is 12.5. The van der Waals surface area contributed by atoms with Gasteiger partial charge in [-0.05, 0) is 58.7 Å². The minimum Gasteiger partial charge on any atom is -0.355 e. The molecule has 1 aliphatic rings. The number of aromatic nitrogens is 1. The summed E-state index contributed by atoms with van der Waals surface area (Å²) in [5.41, 5.74) is 3.87. The van der Waals surface area contributed by atoms with Crippen LogP contribution in [-0.4, -0.2) is 17.0 Å². The van der Waals surface area contributed by atoms with Gasteiger partial charge in [0.05, 0.1) is 0 Å². The van der Waals surface area contributed by atoms with Gasteiger partial charge in [0.1, 0.15) is 0 Å². The summed E-state index contributed by atoms with van der Waals surface area (Å²) in [6.07, 6.45) is 9.21. The van der Waals surface area contributed by atoms with Crippen LogP contribution < -0.4 is 5.32 Å². The van der Waals surface area contributed by atoms with Crippen molar-refractivity contribution in [3.8, 4) is 0 Å². The summed E-state index contributed by atoms with van der Waals surface area (Å²) in [7, 11) is 0. The quantitative estimate of drug-likeness (QED) is 0.330. The van der Waals surface area contributed by atoms with E-state index in [1.165, 1.54) is 64.9 Å². The molecule has 0 aliphatic heterocycles. The summed E-state index contributed by atoms with van der Waals surface area (Å²) in [6, 6.07) is 23.9. The summed E-state index contributed by atoms with van der Waals surface area (Å²) in [5, 5.41) is 7.10. The number of carbonyl (C=O) groups is 1. The van der Waals surface area contributed by atoms with Crippen molar-refractivity contribution in [2.75, 3.05) is 6.54 Å². The normalized spacial score (nSPS) is 15.7. The standard InChI is InChI=1S/C30H34N2O/c1-22(20-31-29(33)19-23-9-4-2-5-10-23)26-14-8-13-25-15-16-28-27(30(25)26)17-18-32(28)21-24-11-6-3-7-12-24/h3,6-8,11-18,22-23H,2,4-5,9-10,19-21H2,1H3,(H,31,33). The van der Waals surface area contributed by atoms with E-state index in [1.54, 1.807) is 0 Å². The fraction of sp³-hybridized carbons (Fsp3) is 0.367. The van der Waals surface area contributed by atoms with Crippen LogP contribution in [0.3, 0.4) is 0 Å². The smallest absolute Gasteiger partial charge is 0.220 e. The minimum atomic E-state index is 0.216. The van der Waals surface area contributed by atoms with Crippen LogP contribution in [0.4, 0.5) is 0 Å². The number of rotatable bonds is 7. The lowest BCUT2D eigenvalue weighted by Gasteiger charge is -2.22. The number of amides is 1. The van der Waals surface area contributed by atoms with E-state index in [9.17, 15) is 4.79 Å². The highest BCUT2D eigenvalue weighted by molar-refractivity contribution is 6.08. The Morgan fingerprint density at radius 3 is 2.61 bits per heavy atom. The first-order chi connectivity index (χ1) is 16.2. The van der Waals surface area contributed by atoms with E-state index >= 15 is 0 Å². The van der Waals surface area contributed by atoms with Crippen molar-refractivity contribution >= 4 is 27.6 Å². The van der Waals surface area contributed by atoms with E-state index in [0.29, 0.717) is 18.9 Å². The molecule has 1 atom stereocenters. The Morgan fingerprint density at radius 2 is 1.79 bits per heavy atom. The Balaban J connectivity index is 1.37. The maximum absolute atomic E-state index is 12.6. The molecule has 0 radical (unpaired) electrons. The molecule has 0 saturated heterocycles. The van der Waals surface area contributed by atoms with Gasteiger partial charge in [-0.2, -0.15) is 0 Å². The predicted octanol–water partition coefficient (Wildman–Crippen LogP) is 7.03. The zero-order chi connectivity index (χ0) is 22.6. The molecule has 170 valence electrons. The van der Waals surface area contributed by atoms with Crippen LogP contribution in [0.2, 0.25) is 0 Å². The zero-order valence-corrected chi connectivity index (χ0v) is 19.6. The van der Waals surface area contributed by atoms with Gasteiger partial charge in [-0.25, -0.2) is 0 Å². The maximum Gasteiger partial charge on any atom is 0.220 e. The van der Waals surface area contributed by atoms with Gasteiger partial charge in [-0.3, -0.25) is 4.79 Å². The van der Waals surface area contributed by atoms with Crippen LogP contribution in [-0.2, 0) is 11.3 Å². The molecule has 1 fully saturated rings. The molecule has 0 bridgehead atoms. The van der Waals surface area contributed by atoms with Gasteiger partial charge in [0.2, 0.25) is 5.91 Å². The Hall–Kier alpha value is -3.07. The maximum atomic E-state index is 12.6. The predicted molar refractivity (Wildman–Crippen MR) is 138 cm³/mol. The lowest BCUT2D eigenvalue weighted by Crippen LogP contribution is -2.29. The number of hydrogen-bond acceptors (Lipinski definition) is 1. The third-order valence-electron chi connectivity index (χ3n) is 7.36. The highest BCUT2D eigenvalue weighted by Crippen LogP contribution is 2.33. The van der Waals surface area contributed by atoms with E-state index in [1.807, 2.05) is 0 Å². The third-order valence-corrected chi connectivity index (χ3v) is 7.36. The molecule has 4 aromatic rings. The van der Waals surface area contributed by atoms with Crippen molar-refractivity contribution in [3.63, 3.8) is 0 Å². The van der Waals surface area contributed by atoms with Crippen LogP contribution in [0.1, 0.15) is 62.5 Å². The summed E-state index contributed by atoms with van der Waals surface area (Å²) in [6.45, 7) is 3.78. The topological polar surface area (TPSA) is 34.0 Å². The molecular formula is C30H34N2O. The molecule has 0 spiro atoms. The summed E-state index contributed by atoms with van der Waals surface area (Å²) >= 11 is 0. The minimum absolute atomic E-state index is 0.216. The molecule has 1 heterocycles. The molecule has 1 amide bonds. The Labute approximate surface area is 196 Å². The molecule has 3 nitrogen and oxygen atoms in total. The fourth-order valence-electron chi connectivity index (χ4n) is 5.52. The fourth-order valence-corrected chi connectivity index (χ4v) is 5.52. The van der Waals surface area contributed by atoms with Gasteiger partial charge in [0.15, 0.2) is 0 Å². The van der Waals surface area contributed by atoms with Crippen molar-refractivity contribution in [1.82, 2.24) is 9.88 Å². The van der Waals surface area contributed by atoms with Crippen LogP contribution in [0.25, 0.3) is 21.7 Å². The summed E-state index contributed by atoms with van der Waals surface area (Å²) < 4.78 is 2.33. The van der Waals surface area contributed by atoms with Crippen LogP contribution in [0.15, 0.2) is 72.9 Å². The number of nitrogens with one attached hydrogen (secondary N) is 1. The largest absolute Gasteiger partial charge is 0.355 e. The number of nitrogens with zero attached hydrogens (tertiary/aromatic N) is 1. The zero-order valence-electron chi connectivity index (χ0n) is 19.6. The van der Waals surface area contributed by atoms with E-state index in [4.69, 9.17) is 0 Å². The van der Waals surface area contributed by atoms with Crippen molar-refractivity contribution in [2.24, 2.45) is 5.92 Å². The number of fused-ring (bicyclic) bond motifs is 3. The lowest BCUT2D eigenvalue weighted by atomic mass is 9.87. The molecule has 3 aromatic carbocycles. The molecular weight excluding hydrogens is 404 g/mol. The lowest BCUT2D eigenvalue weighted by molar-refractivity contribution is -0.122. The van der Waals surface area contributed by atoms with Gasteiger partial charge in [0, 0.05) is 36.6 Å². The van der Waals surface area contributed by atoms with Crippen LogP contribution in [0.5, 0.6) is 0 Å². The highest BCUT2D eigenvalue weighted by atomic mass is 16.1. The van der Waals surface area contributed by atoms with E-state index in [2.05, 4.69) is 89.7 Å². The molecule has 3 heteroatoms. The highest BCUT2D eigenvalue weighted by Gasteiger charge is 2.18. The van der Waals surface area contributed by atoms with Gasteiger partial charge in [-0.1, -0.05) is 80.8 Å². The van der Waals surface area contributed by atoms with E-state index < -0.39 is 0 Å². The number of hydrogen-bond donors (Lipinski definition) is 1. The van der Waals surface area contributed by atoms with Gasteiger partial charge < -0.3 is 9.88 Å². The van der Waals surface area contributed by atoms with Crippen molar-refractivity contribution in [3.05, 3.63) is 84.1 Å². The third kappa shape index (κ3) is 4.83. The summed E-state index contributed by atoms with van der Waals surface area (Å²) in [5.74, 6) is 1.05. The molecule has 1 aliphatic carbocycles. The Kier molecular flexibility index (Phi) is 6.48. The van der Waals surface area contributed by atoms with Crippen molar-refractivity contribution in [1.29, 1.82) is 0 Å². The van der Waals surface area contributed by atoms with E-state index in [0.717, 1.165) is 6.54 Å². The second kappa shape index (κ2) is 9.82. The second-order valence-corrected chi connectivity index (χ2v) is 9.79. The summed E-state index contributed by atoms with van der Waals surface area (Å²) in [4.78, 5) is 12.6. The molecule has 33 heavy (non-hydrogen) atoms. The van der Waals surface area contributed by atoms with Crippen LogP contribution >= 0.6 is 0 Å². The van der Waals surface area contributed by atoms with Gasteiger partial charge in [0.25, 0.3) is 0 Å². The Bertz CT molecular complexity index is 1230. The molecule has 5 rings (SSSR count). The number of carbonyl (C=O) groups excluding carboxylic acids is 1. The van der Waals surface area contributed by atoms with Crippen LogP contribution in [0, 0.1) is 5.92 Å².